The average molecular weight is 433 g/mol. The van der Waals surface area contributed by atoms with Crippen LogP contribution in [0.25, 0.3) is 0 Å². The van der Waals surface area contributed by atoms with E-state index in [0.717, 1.165) is 4.68 Å². The average Bonchev–Trinajstić information content (AvgIpc) is 3.29. The molecule has 2 amide bonds. The summed E-state index contributed by atoms with van der Waals surface area (Å²) in [5.41, 5.74) is -0.625. The number of nitrogens with zero attached hydrogens (tertiary/aromatic N) is 5. The van der Waals surface area contributed by atoms with Crippen LogP contribution in [0.1, 0.15) is 47.6 Å². The Bertz CT molecular complexity index is 946. The lowest BCUT2D eigenvalue weighted by molar-refractivity contribution is -0.141. The van der Waals surface area contributed by atoms with Crippen LogP contribution < -0.4 is 5.32 Å². The van der Waals surface area contributed by atoms with Gasteiger partial charge in [0.25, 0.3) is 5.91 Å². The minimum absolute atomic E-state index is 0.146. The van der Waals surface area contributed by atoms with Crippen LogP contribution in [0.4, 0.5) is 18.9 Å². The lowest BCUT2D eigenvalue weighted by Crippen LogP contribution is -2.27. The second-order valence-corrected chi connectivity index (χ2v) is 7.33. The Balaban J connectivity index is 1.86. The Kier molecular flexibility index (Phi) is 5.61. The van der Waals surface area contributed by atoms with Crippen LogP contribution in [0.5, 0.6) is 0 Å². The molecule has 0 radical (unpaired) electrons. The van der Waals surface area contributed by atoms with Crippen molar-refractivity contribution in [3.63, 3.8) is 0 Å². The molecule has 0 atom stereocenters. The first-order valence-electron chi connectivity index (χ1n) is 8.95. The van der Waals surface area contributed by atoms with E-state index in [1.807, 2.05) is 0 Å². The Hall–Kier alpha value is -2.56. The molecule has 1 fully saturated rings. The second-order valence-electron chi connectivity index (χ2n) is 6.95. The Morgan fingerprint density at radius 2 is 1.97 bits per heavy atom. The van der Waals surface area contributed by atoms with Crippen molar-refractivity contribution in [2.24, 2.45) is 0 Å². The minimum atomic E-state index is -4.71. The number of carbonyl (C=O) groups is 2. The predicted octanol–water partition coefficient (Wildman–Crippen LogP) is 2.99. The summed E-state index contributed by atoms with van der Waals surface area (Å²) in [6, 6.07) is 0. The van der Waals surface area contributed by atoms with Crippen molar-refractivity contribution in [1.29, 1.82) is 0 Å². The minimum Gasteiger partial charge on any atom is -0.343 e. The van der Waals surface area contributed by atoms with E-state index in [4.69, 9.17) is 11.6 Å². The number of hydrogen-bond donors (Lipinski definition) is 1. The zero-order chi connectivity index (χ0) is 21.5. The van der Waals surface area contributed by atoms with Gasteiger partial charge in [-0.1, -0.05) is 11.6 Å². The molecule has 0 aromatic carbocycles. The molecule has 158 valence electrons. The van der Waals surface area contributed by atoms with E-state index in [2.05, 4.69) is 15.5 Å². The topological polar surface area (TPSA) is 85.0 Å². The molecule has 2 aromatic heterocycles. The van der Waals surface area contributed by atoms with Gasteiger partial charge in [0.05, 0.1) is 22.6 Å². The summed E-state index contributed by atoms with van der Waals surface area (Å²) in [5, 5.41) is 9.69. The quantitative estimate of drug-likeness (QED) is 0.760. The number of aryl methyl sites for hydroxylation is 1. The molecule has 0 unspecified atom stereocenters. The molecule has 1 aliphatic rings. The van der Waals surface area contributed by atoms with Gasteiger partial charge in [0.1, 0.15) is 12.2 Å². The van der Waals surface area contributed by atoms with E-state index < -0.39 is 29.3 Å². The molecule has 0 bridgehead atoms. The largest absolute Gasteiger partial charge is 0.436 e. The SMILES string of the molecule is CCn1ncc(NC(=O)Cn2nc(C(F)(F)F)c(Cl)c2C2CC2)c1C(=O)N(C)C. The van der Waals surface area contributed by atoms with Crippen LogP contribution in [-0.2, 0) is 24.1 Å². The fourth-order valence-electron chi connectivity index (χ4n) is 2.98. The smallest absolute Gasteiger partial charge is 0.343 e. The molecule has 8 nitrogen and oxygen atoms in total. The van der Waals surface area contributed by atoms with Crippen LogP contribution in [0, 0.1) is 0 Å². The molecule has 1 aliphatic carbocycles. The first-order valence-corrected chi connectivity index (χ1v) is 9.33. The number of carbonyl (C=O) groups excluding carboxylic acids is 2. The number of nitrogens with one attached hydrogen (secondary N) is 1. The normalized spacial score (nSPS) is 14.2. The Morgan fingerprint density at radius 3 is 2.48 bits per heavy atom. The summed E-state index contributed by atoms with van der Waals surface area (Å²) in [4.78, 5) is 26.3. The van der Waals surface area contributed by atoms with Crippen molar-refractivity contribution >= 4 is 29.1 Å². The van der Waals surface area contributed by atoms with Gasteiger partial charge in [-0.2, -0.15) is 23.4 Å². The van der Waals surface area contributed by atoms with Crippen molar-refractivity contribution in [1.82, 2.24) is 24.5 Å². The highest BCUT2D eigenvalue weighted by molar-refractivity contribution is 6.32. The molecule has 0 aliphatic heterocycles. The summed E-state index contributed by atoms with van der Waals surface area (Å²) in [6.45, 7) is 1.73. The lowest BCUT2D eigenvalue weighted by Gasteiger charge is -2.14. The van der Waals surface area contributed by atoms with Crippen LogP contribution in [0.3, 0.4) is 0 Å². The first-order chi connectivity index (χ1) is 13.5. The monoisotopic (exact) mass is 432 g/mol. The summed E-state index contributed by atoms with van der Waals surface area (Å²) >= 11 is 5.92. The Labute approximate surface area is 169 Å². The van der Waals surface area contributed by atoms with Crippen LogP contribution in [-0.4, -0.2) is 50.4 Å². The second kappa shape index (κ2) is 7.69. The molecule has 3 rings (SSSR count). The number of alkyl halides is 3. The van der Waals surface area contributed by atoms with Crippen molar-refractivity contribution in [3.05, 3.63) is 28.3 Å². The van der Waals surface area contributed by atoms with Crippen LogP contribution >= 0.6 is 11.6 Å². The maximum atomic E-state index is 13.2. The highest BCUT2D eigenvalue weighted by Gasteiger charge is 2.42. The van der Waals surface area contributed by atoms with Gasteiger partial charge in [-0.25, -0.2) is 0 Å². The molecular weight excluding hydrogens is 413 g/mol. The third-order valence-electron chi connectivity index (χ3n) is 4.48. The number of amides is 2. The van der Waals surface area contributed by atoms with Crippen molar-refractivity contribution in [3.8, 4) is 0 Å². The number of anilines is 1. The van der Waals surface area contributed by atoms with E-state index in [1.54, 1.807) is 21.0 Å². The first kappa shape index (κ1) is 21.2. The van der Waals surface area contributed by atoms with Gasteiger partial charge in [0, 0.05) is 26.6 Å². The third-order valence-corrected chi connectivity index (χ3v) is 4.85. The van der Waals surface area contributed by atoms with Crippen LogP contribution in [0.2, 0.25) is 5.02 Å². The van der Waals surface area contributed by atoms with Gasteiger partial charge in [-0.3, -0.25) is 19.0 Å². The number of hydrogen-bond acceptors (Lipinski definition) is 4. The maximum Gasteiger partial charge on any atom is 0.436 e. The summed E-state index contributed by atoms with van der Waals surface area (Å²) in [6.07, 6.45) is -2.00. The van der Waals surface area contributed by atoms with E-state index in [9.17, 15) is 22.8 Å². The van der Waals surface area contributed by atoms with Crippen molar-refractivity contribution in [2.75, 3.05) is 19.4 Å². The van der Waals surface area contributed by atoms with E-state index in [-0.39, 0.29) is 28.9 Å². The summed E-state index contributed by atoms with van der Waals surface area (Å²) in [5.74, 6) is -1.14. The molecule has 2 aromatic rings. The van der Waals surface area contributed by atoms with Gasteiger partial charge in [0.2, 0.25) is 5.91 Å². The number of halogens is 4. The fraction of sp³-hybridized carbons (Fsp3) is 0.529. The lowest BCUT2D eigenvalue weighted by atomic mass is 10.2. The van der Waals surface area contributed by atoms with Crippen molar-refractivity contribution < 1.29 is 22.8 Å². The Morgan fingerprint density at radius 1 is 1.31 bits per heavy atom. The van der Waals surface area contributed by atoms with Gasteiger partial charge in [-0.15, -0.1) is 0 Å². The highest BCUT2D eigenvalue weighted by atomic mass is 35.5. The number of rotatable bonds is 6. The molecular formula is C17H20ClF3N6O2. The zero-order valence-electron chi connectivity index (χ0n) is 16.0. The van der Waals surface area contributed by atoms with Gasteiger partial charge >= 0.3 is 6.18 Å². The molecule has 0 saturated heterocycles. The molecule has 29 heavy (non-hydrogen) atoms. The molecule has 12 heteroatoms. The van der Waals surface area contributed by atoms with Crippen LogP contribution in [0.15, 0.2) is 6.20 Å². The van der Waals surface area contributed by atoms with Crippen molar-refractivity contribution in [2.45, 2.75) is 44.9 Å². The van der Waals surface area contributed by atoms with E-state index >= 15 is 0 Å². The maximum absolute atomic E-state index is 13.2. The standard InChI is InChI=1S/C17H20ClF3N6O2/c1-4-26-14(16(29)25(2)3)10(7-22-26)23-11(28)8-27-13(9-5-6-9)12(18)15(24-27)17(19,20)21/h7,9H,4-6,8H2,1-3H3,(H,23,28). The van der Waals surface area contributed by atoms with E-state index in [1.165, 1.54) is 15.8 Å². The zero-order valence-corrected chi connectivity index (χ0v) is 16.8. The molecule has 1 saturated carbocycles. The van der Waals surface area contributed by atoms with Gasteiger partial charge in [-0.05, 0) is 19.8 Å². The van der Waals surface area contributed by atoms with Gasteiger partial charge < -0.3 is 10.2 Å². The highest BCUT2D eigenvalue weighted by Crippen LogP contribution is 2.46. The molecule has 0 spiro atoms. The molecule has 1 N–H and O–H groups in total. The summed E-state index contributed by atoms with van der Waals surface area (Å²) in [7, 11) is 3.13. The summed E-state index contributed by atoms with van der Waals surface area (Å²) < 4.78 is 41.9. The van der Waals surface area contributed by atoms with E-state index in [0.29, 0.717) is 19.4 Å². The fourth-order valence-corrected chi connectivity index (χ4v) is 3.38. The molecule has 2 heterocycles. The number of aromatic nitrogens is 4. The third kappa shape index (κ3) is 4.24. The van der Waals surface area contributed by atoms with Gasteiger partial charge in [0.15, 0.2) is 5.69 Å². The predicted molar refractivity (Wildman–Crippen MR) is 98.8 cm³/mol.